The van der Waals surface area contributed by atoms with Crippen LogP contribution in [0.4, 0.5) is 11.4 Å². The summed E-state index contributed by atoms with van der Waals surface area (Å²) in [5.41, 5.74) is 5.30. The number of aryl methyl sites for hydroxylation is 1. The SMILES string of the molecule is Cc1occc1C(=O)NNC(=S)Nc1cc([N+](=O)[O-])ccc1Cl. The van der Waals surface area contributed by atoms with Crippen molar-refractivity contribution in [2.75, 3.05) is 5.32 Å². The fraction of sp³-hybridized carbons (Fsp3) is 0.0769. The molecule has 2 aromatic rings. The number of hydrogen-bond donors (Lipinski definition) is 3. The van der Waals surface area contributed by atoms with Gasteiger partial charge in [0.1, 0.15) is 5.76 Å². The molecule has 0 saturated carbocycles. The Labute approximate surface area is 140 Å². The number of carbonyl (C=O) groups excluding carboxylic acids is 1. The highest BCUT2D eigenvalue weighted by molar-refractivity contribution is 7.80. The van der Waals surface area contributed by atoms with E-state index in [1.54, 1.807) is 6.92 Å². The molecule has 0 spiro atoms. The number of non-ortho nitro benzene ring substituents is 1. The Morgan fingerprint density at radius 3 is 2.70 bits per heavy atom. The summed E-state index contributed by atoms with van der Waals surface area (Å²) in [4.78, 5) is 22.1. The number of nitro groups is 1. The molecule has 2 rings (SSSR count). The molecule has 0 aliphatic rings. The number of benzene rings is 1. The van der Waals surface area contributed by atoms with E-state index in [9.17, 15) is 14.9 Å². The second kappa shape index (κ2) is 7.07. The van der Waals surface area contributed by atoms with Gasteiger partial charge in [-0.05, 0) is 31.3 Å². The molecule has 1 heterocycles. The molecule has 8 nitrogen and oxygen atoms in total. The van der Waals surface area contributed by atoms with Crippen LogP contribution in [0.3, 0.4) is 0 Å². The van der Waals surface area contributed by atoms with E-state index < -0.39 is 10.8 Å². The van der Waals surface area contributed by atoms with E-state index in [-0.39, 0.29) is 21.5 Å². The van der Waals surface area contributed by atoms with Crippen molar-refractivity contribution in [1.29, 1.82) is 0 Å². The summed E-state index contributed by atoms with van der Waals surface area (Å²) in [6, 6.07) is 5.39. The fourth-order valence-corrected chi connectivity index (χ4v) is 2.00. The van der Waals surface area contributed by atoms with Crippen molar-refractivity contribution in [3.8, 4) is 0 Å². The summed E-state index contributed by atoms with van der Waals surface area (Å²) >= 11 is 10.9. The minimum absolute atomic E-state index is 0.0156. The molecule has 0 radical (unpaired) electrons. The molecular weight excluding hydrogens is 344 g/mol. The van der Waals surface area contributed by atoms with Crippen LogP contribution in [-0.2, 0) is 0 Å². The molecule has 0 aliphatic carbocycles. The molecule has 10 heteroatoms. The highest BCUT2D eigenvalue weighted by Crippen LogP contribution is 2.26. The Morgan fingerprint density at radius 1 is 1.35 bits per heavy atom. The van der Waals surface area contributed by atoms with Crippen molar-refractivity contribution in [3.63, 3.8) is 0 Å². The third-order valence-corrected chi connectivity index (χ3v) is 3.34. The molecule has 0 atom stereocenters. The molecule has 0 unspecified atom stereocenters. The quantitative estimate of drug-likeness (QED) is 0.441. The number of nitro benzene ring substituents is 1. The highest BCUT2D eigenvalue weighted by Gasteiger charge is 2.13. The summed E-state index contributed by atoms with van der Waals surface area (Å²) in [6.45, 7) is 1.65. The average Bonchev–Trinajstić information content (AvgIpc) is 2.93. The third kappa shape index (κ3) is 4.18. The van der Waals surface area contributed by atoms with Crippen LogP contribution in [0, 0.1) is 17.0 Å². The van der Waals surface area contributed by atoms with Gasteiger partial charge in [-0.25, -0.2) is 0 Å². The first kappa shape index (κ1) is 16.7. The number of carbonyl (C=O) groups is 1. The van der Waals surface area contributed by atoms with Crippen LogP contribution in [0.15, 0.2) is 34.9 Å². The molecule has 3 N–H and O–H groups in total. The van der Waals surface area contributed by atoms with Crippen molar-refractivity contribution in [2.24, 2.45) is 0 Å². The van der Waals surface area contributed by atoms with Gasteiger partial charge in [-0.3, -0.25) is 25.8 Å². The Kier molecular flexibility index (Phi) is 5.14. The summed E-state index contributed by atoms with van der Waals surface area (Å²) in [5, 5.41) is 13.7. The van der Waals surface area contributed by atoms with Gasteiger partial charge >= 0.3 is 0 Å². The number of amides is 1. The number of nitrogens with zero attached hydrogens (tertiary/aromatic N) is 1. The predicted octanol–water partition coefficient (Wildman–Crippen LogP) is 2.78. The standard InChI is InChI=1S/C13H11ClN4O4S/c1-7-9(4-5-22-7)12(19)16-17-13(23)15-11-6-8(18(20)21)2-3-10(11)14/h2-6H,1H3,(H,16,19)(H2,15,17,23). The summed E-state index contributed by atoms with van der Waals surface area (Å²) in [7, 11) is 0. The van der Waals surface area contributed by atoms with Gasteiger partial charge in [-0.1, -0.05) is 11.6 Å². The molecule has 1 amide bonds. The van der Waals surface area contributed by atoms with Crippen LogP contribution in [0.25, 0.3) is 0 Å². The lowest BCUT2D eigenvalue weighted by molar-refractivity contribution is -0.384. The summed E-state index contributed by atoms with van der Waals surface area (Å²) in [5.74, 6) is 0.0236. The second-order valence-electron chi connectivity index (χ2n) is 4.34. The summed E-state index contributed by atoms with van der Waals surface area (Å²) < 4.78 is 5.02. The highest BCUT2D eigenvalue weighted by atomic mass is 35.5. The molecule has 120 valence electrons. The number of halogens is 1. The fourth-order valence-electron chi connectivity index (χ4n) is 1.68. The lowest BCUT2D eigenvalue weighted by Crippen LogP contribution is -2.43. The largest absolute Gasteiger partial charge is 0.469 e. The molecule has 0 bridgehead atoms. The van der Waals surface area contributed by atoms with Crippen LogP contribution in [0.1, 0.15) is 16.1 Å². The zero-order chi connectivity index (χ0) is 17.0. The predicted molar refractivity (Wildman–Crippen MR) is 88.4 cm³/mol. The van der Waals surface area contributed by atoms with E-state index in [2.05, 4.69) is 16.2 Å². The van der Waals surface area contributed by atoms with Gasteiger partial charge in [-0.15, -0.1) is 0 Å². The molecule has 1 aromatic carbocycles. The number of hydrazine groups is 1. The first-order valence-electron chi connectivity index (χ1n) is 6.24. The number of furan rings is 1. The minimum atomic E-state index is -0.554. The van der Waals surface area contributed by atoms with Gasteiger partial charge in [0.2, 0.25) is 0 Å². The second-order valence-corrected chi connectivity index (χ2v) is 5.16. The van der Waals surface area contributed by atoms with Gasteiger partial charge < -0.3 is 9.73 Å². The summed E-state index contributed by atoms with van der Waals surface area (Å²) in [6.07, 6.45) is 1.39. The van der Waals surface area contributed by atoms with Crippen LogP contribution in [0.5, 0.6) is 0 Å². The van der Waals surface area contributed by atoms with E-state index >= 15 is 0 Å². The Hall–Kier alpha value is -2.65. The monoisotopic (exact) mass is 354 g/mol. The van der Waals surface area contributed by atoms with Gasteiger partial charge in [0.05, 0.1) is 27.5 Å². The smallest absolute Gasteiger partial charge is 0.273 e. The van der Waals surface area contributed by atoms with Crippen LogP contribution < -0.4 is 16.2 Å². The molecule has 23 heavy (non-hydrogen) atoms. The zero-order valence-corrected chi connectivity index (χ0v) is 13.3. The Morgan fingerprint density at radius 2 is 2.09 bits per heavy atom. The molecule has 0 aliphatic heterocycles. The van der Waals surface area contributed by atoms with Gasteiger partial charge in [0.15, 0.2) is 5.11 Å². The number of hydrogen-bond acceptors (Lipinski definition) is 5. The topological polar surface area (TPSA) is 109 Å². The van der Waals surface area contributed by atoms with Crippen molar-refractivity contribution in [3.05, 3.63) is 57.0 Å². The molecule has 0 fully saturated rings. The van der Waals surface area contributed by atoms with E-state index in [1.165, 1.54) is 30.5 Å². The molecule has 1 aromatic heterocycles. The number of rotatable bonds is 3. The van der Waals surface area contributed by atoms with Crippen LogP contribution >= 0.6 is 23.8 Å². The van der Waals surface area contributed by atoms with Crippen molar-refractivity contribution in [1.82, 2.24) is 10.9 Å². The first-order chi connectivity index (χ1) is 10.9. The number of thiocarbonyl (C=S) groups is 1. The third-order valence-electron chi connectivity index (χ3n) is 2.80. The van der Waals surface area contributed by atoms with E-state index in [4.69, 9.17) is 28.2 Å². The maximum absolute atomic E-state index is 11.9. The van der Waals surface area contributed by atoms with Crippen LogP contribution in [-0.4, -0.2) is 15.9 Å². The number of nitrogens with one attached hydrogen (secondary N) is 3. The maximum atomic E-state index is 11.9. The van der Waals surface area contributed by atoms with E-state index in [0.717, 1.165) is 0 Å². The lowest BCUT2D eigenvalue weighted by atomic mass is 10.2. The Balaban J connectivity index is 1.97. The average molecular weight is 355 g/mol. The van der Waals surface area contributed by atoms with Gasteiger partial charge in [0.25, 0.3) is 11.6 Å². The maximum Gasteiger partial charge on any atom is 0.273 e. The Bertz CT molecular complexity index is 777. The minimum Gasteiger partial charge on any atom is -0.469 e. The molecular formula is C13H11ClN4O4S. The van der Waals surface area contributed by atoms with Crippen molar-refractivity contribution < 1.29 is 14.1 Å². The van der Waals surface area contributed by atoms with Crippen molar-refractivity contribution >= 4 is 46.2 Å². The van der Waals surface area contributed by atoms with E-state index in [1.807, 2.05) is 0 Å². The van der Waals surface area contributed by atoms with Crippen LogP contribution in [0.2, 0.25) is 5.02 Å². The normalized spacial score (nSPS) is 10.0. The first-order valence-corrected chi connectivity index (χ1v) is 7.02. The van der Waals surface area contributed by atoms with E-state index in [0.29, 0.717) is 11.3 Å². The lowest BCUT2D eigenvalue weighted by Gasteiger charge is -2.12. The number of anilines is 1. The molecule has 0 saturated heterocycles. The van der Waals surface area contributed by atoms with Gasteiger partial charge in [-0.2, -0.15) is 0 Å². The van der Waals surface area contributed by atoms with Gasteiger partial charge in [0, 0.05) is 12.1 Å². The van der Waals surface area contributed by atoms with Crippen molar-refractivity contribution in [2.45, 2.75) is 6.92 Å². The zero-order valence-electron chi connectivity index (χ0n) is 11.8.